The summed E-state index contributed by atoms with van der Waals surface area (Å²) < 4.78 is 123. The minimum absolute atomic E-state index is 0.0445. The van der Waals surface area contributed by atoms with Gasteiger partial charge in [-0.15, -0.1) is 4.13 Å². The van der Waals surface area contributed by atoms with E-state index < -0.39 is 53.7 Å². The third-order valence-electron chi connectivity index (χ3n) is 1.30. The molecule has 0 fully saturated rings. The van der Waals surface area contributed by atoms with Crippen molar-refractivity contribution in [3.63, 3.8) is 0 Å². The Morgan fingerprint density at radius 1 is 0.947 bits per heavy atom. The van der Waals surface area contributed by atoms with E-state index in [9.17, 15) is 47.2 Å². The van der Waals surface area contributed by atoms with Crippen LogP contribution in [-0.4, -0.2) is 48.2 Å². The Bertz CT molecular complexity index is 593. The molecule has 0 unspecified atom stereocenters. The fraction of sp³-hybridized carbons (Fsp3) is 1.00. The Balaban J connectivity index is 5.15. The van der Waals surface area contributed by atoms with Gasteiger partial charge in [-0.05, 0) is 0 Å². The monoisotopic (exact) mass is 355 g/mol. The van der Waals surface area contributed by atoms with Crippen LogP contribution in [0.25, 0.3) is 0 Å². The van der Waals surface area contributed by atoms with Gasteiger partial charge in [-0.2, -0.15) is 13.2 Å². The van der Waals surface area contributed by atoms with Crippen LogP contribution in [0.2, 0.25) is 0 Å². The molecule has 0 heterocycles. The van der Waals surface area contributed by atoms with Gasteiger partial charge in [0.2, 0.25) is 10.0 Å². The molecule has 0 aromatic heterocycles. The van der Waals surface area contributed by atoms with Crippen LogP contribution in [-0.2, 0) is 30.8 Å². The first-order valence-electron chi connectivity index (χ1n) is 3.90. The fourth-order valence-electron chi connectivity index (χ4n) is 0.756. The van der Waals surface area contributed by atoms with E-state index in [4.69, 9.17) is 0 Å². The van der Waals surface area contributed by atoms with E-state index in [1.165, 1.54) is 0 Å². The first-order chi connectivity index (χ1) is 8.08. The number of thiol groups is 1. The predicted octanol–water partition coefficient (Wildman–Crippen LogP) is -0.998. The van der Waals surface area contributed by atoms with Crippen molar-refractivity contribution in [1.29, 1.82) is 0 Å². The Labute approximate surface area is 105 Å². The lowest BCUT2D eigenvalue weighted by Crippen LogP contribution is -2.45. The van der Waals surface area contributed by atoms with Crippen molar-refractivity contribution in [3.05, 3.63) is 0 Å². The highest BCUT2D eigenvalue weighted by atomic mass is 32.3. The van der Waals surface area contributed by atoms with E-state index in [1.54, 1.807) is 0 Å². The third-order valence-corrected chi connectivity index (χ3v) is 5.33. The van der Waals surface area contributed by atoms with E-state index in [-0.39, 0.29) is 4.13 Å². The van der Waals surface area contributed by atoms with Gasteiger partial charge in [-0.3, -0.25) is 0 Å². The number of halogens is 5. The first-order valence-corrected chi connectivity index (χ1v) is 8.40. The largest absolute Gasteiger partial charge is 0.512 e. The molecule has 1 N–H and O–H groups in total. The molecule has 0 saturated heterocycles. The molecule has 0 rings (SSSR count). The number of hydrogen-bond acceptors (Lipinski definition) is 6. The molecule has 0 aromatic rings. The molecule has 0 aromatic carbocycles. The lowest BCUT2D eigenvalue weighted by molar-refractivity contribution is -0.0441. The van der Waals surface area contributed by atoms with Gasteiger partial charge in [-0.25, -0.2) is 34.0 Å². The maximum atomic E-state index is 12.8. The van der Waals surface area contributed by atoms with Crippen molar-refractivity contribution in [2.45, 2.75) is 11.4 Å². The SMILES string of the molecule is O=[SH](=O)CC(F)(F)CS(=O)(=O)NS(=O)(=O)C(F)(F)F. The number of alkyl halides is 5. The van der Waals surface area contributed by atoms with Crippen LogP contribution in [0.4, 0.5) is 22.0 Å². The number of sulfonamides is 2. The topological polar surface area (TPSA) is 114 Å². The standard InChI is InChI=1S/C4H6F5NO6S3/c5-3(6,1-17(11)12)2-18(13,14)10-19(15,16)4(7,8)9/h10,17H,1-2H2. The van der Waals surface area contributed by atoms with E-state index in [0.717, 1.165) is 0 Å². The summed E-state index contributed by atoms with van der Waals surface area (Å²) in [5.41, 5.74) is -6.01. The molecule has 0 atom stereocenters. The van der Waals surface area contributed by atoms with Gasteiger partial charge in [0.15, 0.2) is 0 Å². The van der Waals surface area contributed by atoms with Crippen molar-refractivity contribution < 1.29 is 47.2 Å². The van der Waals surface area contributed by atoms with Gasteiger partial charge in [0.1, 0.15) is 22.2 Å². The van der Waals surface area contributed by atoms with E-state index in [0.29, 0.717) is 0 Å². The molecule has 0 spiro atoms. The van der Waals surface area contributed by atoms with Crippen molar-refractivity contribution >= 4 is 30.8 Å². The number of nitrogens with one attached hydrogen (secondary N) is 1. The van der Waals surface area contributed by atoms with Gasteiger partial charge in [-0.1, -0.05) is 0 Å². The summed E-state index contributed by atoms with van der Waals surface area (Å²) in [6, 6.07) is 0. The average Bonchev–Trinajstić information content (AvgIpc) is 1.91. The van der Waals surface area contributed by atoms with Crippen LogP contribution >= 0.6 is 0 Å². The van der Waals surface area contributed by atoms with Gasteiger partial charge in [0.05, 0.1) is 0 Å². The van der Waals surface area contributed by atoms with Crippen molar-refractivity contribution in [3.8, 4) is 0 Å². The van der Waals surface area contributed by atoms with Crippen LogP contribution in [0, 0.1) is 0 Å². The molecule has 0 saturated carbocycles. The van der Waals surface area contributed by atoms with Crippen LogP contribution in [0.3, 0.4) is 0 Å². The molecular formula is C4H6F5NO6S3. The van der Waals surface area contributed by atoms with Crippen molar-refractivity contribution in [1.82, 2.24) is 4.13 Å². The smallest absolute Gasteiger partial charge is 0.232 e. The van der Waals surface area contributed by atoms with E-state index >= 15 is 0 Å². The van der Waals surface area contributed by atoms with E-state index in [2.05, 4.69) is 0 Å². The number of rotatable bonds is 6. The minimum Gasteiger partial charge on any atom is -0.232 e. The Hall–Kier alpha value is -0.540. The lowest BCUT2D eigenvalue weighted by atomic mass is 10.5. The Morgan fingerprint density at radius 3 is 1.68 bits per heavy atom. The van der Waals surface area contributed by atoms with Gasteiger partial charge in [0, 0.05) is 0 Å². The Kier molecular flexibility index (Phi) is 5.30. The summed E-state index contributed by atoms with van der Waals surface area (Å²) in [4.78, 5) is 0. The summed E-state index contributed by atoms with van der Waals surface area (Å²) >= 11 is 0. The van der Waals surface area contributed by atoms with E-state index in [1.807, 2.05) is 0 Å². The highest BCUT2D eigenvalue weighted by Crippen LogP contribution is 2.23. The third kappa shape index (κ3) is 6.44. The molecule has 116 valence electrons. The second kappa shape index (κ2) is 5.45. The summed E-state index contributed by atoms with van der Waals surface area (Å²) in [7, 11) is -15.7. The molecule has 7 nitrogen and oxygen atoms in total. The second-order valence-electron chi connectivity index (χ2n) is 3.14. The minimum atomic E-state index is -6.38. The van der Waals surface area contributed by atoms with Crippen LogP contribution < -0.4 is 4.13 Å². The zero-order valence-corrected chi connectivity index (χ0v) is 11.0. The first kappa shape index (κ1) is 18.5. The number of hydrogen-bond donors (Lipinski definition) is 2. The zero-order valence-electron chi connectivity index (χ0n) is 8.52. The molecule has 0 amide bonds. The summed E-state index contributed by atoms with van der Waals surface area (Å²) in [5, 5.41) is 0. The average molecular weight is 355 g/mol. The van der Waals surface area contributed by atoms with Crippen LogP contribution in [0.15, 0.2) is 0 Å². The molecule has 0 bridgehead atoms. The quantitative estimate of drug-likeness (QED) is 0.467. The highest BCUT2D eigenvalue weighted by Gasteiger charge is 2.49. The molecular weight excluding hydrogens is 349 g/mol. The maximum Gasteiger partial charge on any atom is 0.512 e. The molecule has 0 aliphatic carbocycles. The van der Waals surface area contributed by atoms with Gasteiger partial charge >= 0.3 is 15.5 Å². The predicted molar refractivity (Wildman–Crippen MR) is 52.0 cm³/mol. The van der Waals surface area contributed by atoms with Crippen LogP contribution in [0.5, 0.6) is 0 Å². The van der Waals surface area contributed by atoms with Crippen molar-refractivity contribution in [2.24, 2.45) is 0 Å². The maximum absolute atomic E-state index is 12.8. The van der Waals surface area contributed by atoms with Crippen molar-refractivity contribution in [2.75, 3.05) is 11.5 Å². The fourth-order valence-corrected chi connectivity index (χ4v) is 4.01. The second-order valence-corrected chi connectivity index (χ2v) is 7.77. The molecule has 0 aliphatic rings. The van der Waals surface area contributed by atoms with Crippen LogP contribution in [0.1, 0.15) is 0 Å². The molecule has 0 aliphatic heterocycles. The summed E-state index contributed by atoms with van der Waals surface area (Å²) in [6.45, 7) is 0. The zero-order chi connectivity index (χ0) is 15.7. The lowest BCUT2D eigenvalue weighted by Gasteiger charge is -2.14. The summed E-state index contributed by atoms with van der Waals surface area (Å²) in [5.74, 6) is -8.80. The van der Waals surface area contributed by atoms with Gasteiger partial charge in [0.25, 0.3) is 5.92 Å². The Morgan fingerprint density at radius 2 is 1.37 bits per heavy atom. The van der Waals surface area contributed by atoms with Gasteiger partial charge < -0.3 is 0 Å². The highest BCUT2D eigenvalue weighted by molar-refractivity contribution is 8.05. The molecule has 0 radical (unpaired) electrons. The molecule has 19 heavy (non-hydrogen) atoms. The summed E-state index contributed by atoms with van der Waals surface area (Å²) in [6.07, 6.45) is 0. The normalized spacial score (nSPS) is 14.8. The molecule has 15 heteroatoms.